The van der Waals surface area contributed by atoms with E-state index in [2.05, 4.69) is 60.1 Å². The first-order valence-electron chi connectivity index (χ1n) is 7.02. The van der Waals surface area contributed by atoms with E-state index in [1.165, 1.54) is 5.56 Å². The monoisotopic (exact) mass is 341 g/mol. The standard InChI is InChI=1S/C18H16BrNO/c1-12(2)13-6-8-14(9-7-13)17-18(11-20,21-17)15-4-3-5-16(19)10-15/h3-10,12,17H,1-2H3. The molecule has 1 aliphatic heterocycles. The number of nitrogens with zero attached hydrogens (tertiary/aromatic N) is 1. The fraction of sp³-hybridized carbons (Fsp3) is 0.278. The number of benzene rings is 2. The van der Waals surface area contributed by atoms with Gasteiger partial charge in [-0.3, -0.25) is 0 Å². The molecule has 2 atom stereocenters. The van der Waals surface area contributed by atoms with Crippen LogP contribution in [0, 0.1) is 11.3 Å². The number of halogens is 1. The summed E-state index contributed by atoms with van der Waals surface area (Å²) in [6.45, 7) is 4.34. The van der Waals surface area contributed by atoms with Gasteiger partial charge in [-0.15, -0.1) is 0 Å². The molecule has 0 saturated carbocycles. The second-order valence-corrected chi connectivity index (χ2v) is 6.59. The molecular weight excluding hydrogens is 326 g/mol. The molecule has 0 N–H and O–H groups in total. The Balaban J connectivity index is 1.90. The molecule has 2 aromatic rings. The van der Waals surface area contributed by atoms with E-state index in [4.69, 9.17) is 4.74 Å². The molecule has 0 aromatic heterocycles. The zero-order chi connectivity index (χ0) is 15.0. The first-order valence-corrected chi connectivity index (χ1v) is 7.81. The Kier molecular flexibility index (Phi) is 3.61. The van der Waals surface area contributed by atoms with Crippen molar-refractivity contribution in [1.29, 1.82) is 5.26 Å². The van der Waals surface area contributed by atoms with Gasteiger partial charge in [0, 0.05) is 10.0 Å². The van der Waals surface area contributed by atoms with Crippen LogP contribution in [-0.4, -0.2) is 0 Å². The Morgan fingerprint density at radius 3 is 2.48 bits per heavy atom. The lowest BCUT2D eigenvalue weighted by Gasteiger charge is -2.07. The smallest absolute Gasteiger partial charge is 0.210 e. The van der Waals surface area contributed by atoms with Crippen LogP contribution in [0.4, 0.5) is 0 Å². The van der Waals surface area contributed by atoms with Crippen LogP contribution in [0.2, 0.25) is 0 Å². The van der Waals surface area contributed by atoms with Gasteiger partial charge in [0.1, 0.15) is 12.2 Å². The van der Waals surface area contributed by atoms with Crippen molar-refractivity contribution in [2.75, 3.05) is 0 Å². The van der Waals surface area contributed by atoms with E-state index in [-0.39, 0.29) is 6.10 Å². The summed E-state index contributed by atoms with van der Waals surface area (Å²) >= 11 is 3.45. The number of hydrogen-bond donors (Lipinski definition) is 0. The first-order chi connectivity index (χ1) is 10.1. The predicted octanol–water partition coefficient (Wildman–Crippen LogP) is 5.06. The summed E-state index contributed by atoms with van der Waals surface area (Å²) in [5, 5.41) is 9.59. The molecule has 0 radical (unpaired) electrons. The van der Waals surface area contributed by atoms with Gasteiger partial charge >= 0.3 is 0 Å². The molecule has 3 rings (SSSR count). The van der Waals surface area contributed by atoms with Gasteiger partial charge in [-0.25, -0.2) is 0 Å². The van der Waals surface area contributed by atoms with Crippen LogP contribution < -0.4 is 0 Å². The molecule has 0 bridgehead atoms. The maximum absolute atomic E-state index is 9.59. The number of ether oxygens (including phenoxy) is 1. The molecule has 1 saturated heterocycles. The Morgan fingerprint density at radius 2 is 1.90 bits per heavy atom. The van der Waals surface area contributed by atoms with Crippen LogP contribution in [0.25, 0.3) is 0 Å². The molecule has 0 aliphatic carbocycles. The minimum atomic E-state index is -0.844. The summed E-state index contributed by atoms with van der Waals surface area (Å²) in [5.74, 6) is 0.505. The molecule has 3 heteroatoms. The van der Waals surface area contributed by atoms with Crippen molar-refractivity contribution in [3.05, 3.63) is 69.7 Å². The average molecular weight is 342 g/mol. The van der Waals surface area contributed by atoms with Crippen LogP contribution in [0.3, 0.4) is 0 Å². The molecule has 1 aliphatic rings. The maximum atomic E-state index is 9.59. The summed E-state index contributed by atoms with van der Waals surface area (Å²) in [6.07, 6.45) is -0.182. The van der Waals surface area contributed by atoms with E-state index < -0.39 is 5.60 Å². The third-order valence-electron chi connectivity index (χ3n) is 3.94. The van der Waals surface area contributed by atoms with Gasteiger partial charge in [-0.1, -0.05) is 66.2 Å². The number of nitriles is 1. The first kappa shape index (κ1) is 14.3. The highest BCUT2D eigenvalue weighted by Crippen LogP contribution is 2.56. The summed E-state index contributed by atoms with van der Waals surface area (Å²) < 4.78 is 6.76. The minimum Gasteiger partial charge on any atom is -0.340 e. The molecule has 0 amide bonds. The quantitative estimate of drug-likeness (QED) is 0.731. The Morgan fingerprint density at radius 1 is 1.19 bits per heavy atom. The maximum Gasteiger partial charge on any atom is 0.210 e. The molecule has 2 nitrogen and oxygen atoms in total. The van der Waals surface area contributed by atoms with Crippen LogP contribution in [0.5, 0.6) is 0 Å². The molecule has 2 unspecified atom stereocenters. The molecule has 21 heavy (non-hydrogen) atoms. The highest BCUT2D eigenvalue weighted by Gasteiger charge is 2.59. The topological polar surface area (TPSA) is 36.3 Å². The zero-order valence-electron chi connectivity index (χ0n) is 12.0. The second kappa shape index (κ2) is 5.29. The lowest BCUT2D eigenvalue weighted by Crippen LogP contribution is -2.07. The number of rotatable bonds is 3. The minimum absolute atomic E-state index is 0.182. The summed E-state index contributed by atoms with van der Waals surface area (Å²) in [4.78, 5) is 0. The third-order valence-corrected chi connectivity index (χ3v) is 4.43. The lowest BCUT2D eigenvalue weighted by molar-refractivity contribution is 0.340. The predicted molar refractivity (Wildman–Crippen MR) is 85.8 cm³/mol. The van der Waals surface area contributed by atoms with E-state index in [0.29, 0.717) is 5.92 Å². The highest BCUT2D eigenvalue weighted by atomic mass is 79.9. The van der Waals surface area contributed by atoms with Crippen LogP contribution in [-0.2, 0) is 10.3 Å². The van der Waals surface area contributed by atoms with Crippen molar-refractivity contribution in [3.63, 3.8) is 0 Å². The normalized spacial score (nSPS) is 23.9. The fourth-order valence-corrected chi connectivity index (χ4v) is 3.00. The number of hydrogen-bond acceptors (Lipinski definition) is 2. The second-order valence-electron chi connectivity index (χ2n) is 5.68. The van der Waals surface area contributed by atoms with Gasteiger partial charge < -0.3 is 4.74 Å². The van der Waals surface area contributed by atoms with Crippen molar-refractivity contribution in [2.45, 2.75) is 31.5 Å². The zero-order valence-corrected chi connectivity index (χ0v) is 13.6. The van der Waals surface area contributed by atoms with Crippen molar-refractivity contribution in [2.24, 2.45) is 0 Å². The van der Waals surface area contributed by atoms with Crippen LogP contribution in [0.15, 0.2) is 53.0 Å². The van der Waals surface area contributed by atoms with Gasteiger partial charge in [0.15, 0.2) is 0 Å². The van der Waals surface area contributed by atoms with Crippen molar-refractivity contribution in [1.82, 2.24) is 0 Å². The van der Waals surface area contributed by atoms with E-state index in [9.17, 15) is 5.26 Å². The highest BCUT2D eigenvalue weighted by molar-refractivity contribution is 9.10. The van der Waals surface area contributed by atoms with E-state index in [0.717, 1.165) is 15.6 Å². The van der Waals surface area contributed by atoms with Crippen LogP contribution >= 0.6 is 15.9 Å². The summed E-state index contributed by atoms with van der Waals surface area (Å²) in [6, 6.07) is 18.5. The number of epoxide rings is 1. The van der Waals surface area contributed by atoms with Gasteiger partial charge in [0.25, 0.3) is 0 Å². The SMILES string of the molecule is CC(C)c1ccc(C2OC2(C#N)c2cccc(Br)c2)cc1. The van der Waals surface area contributed by atoms with Gasteiger partial charge in [-0.2, -0.15) is 5.26 Å². The molecule has 2 aromatic carbocycles. The van der Waals surface area contributed by atoms with E-state index >= 15 is 0 Å². The van der Waals surface area contributed by atoms with Crippen LogP contribution in [0.1, 0.15) is 42.6 Å². The molecule has 1 fully saturated rings. The van der Waals surface area contributed by atoms with Gasteiger partial charge in [0.2, 0.25) is 5.60 Å². The summed E-state index contributed by atoms with van der Waals surface area (Å²) in [7, 11) is 0. The van der Waals surface area contributed by atoms with Gasteiger partial charge in [-0.05, 0) is 29.2 Å². The molecule has 0 spiro atoms. The Labute approximate surface area is 133 Å². The molecular formula is C18H16BrNO. The molecule has 1 heterocycles. The van der Waals surface area contributed by atoms with Crippen molar-refractivity contribution >= 4 is 15.9 Å². The van der Waals surface area contributed by atoms with Gasteiger partial charge in [0.05, 0.1) is 0 Å². The lowest BCUT2D eigenvalue weighted by atomic mass is 9.92. The van der Waals surface area contributed by atoms with Crippen molar-refractivity contribution < 1.29 is 4.74 Å². The van der Waals surface area contributed by atoms with E-state index in [1.54, 1.807) is 0 Å². The van der Waals surface area contributed by atoms with Crippen molar-refractivity contribution in [3.8, 4) is 6.07 Å². The molecule has 106 valence electrons. The average Bonchev–Trinajstić information content (AvgIpc) is 3.23. The third kappa shape index (κ3) is 2.50. The fourth-order valence-electron chi connectivity index (χ4n) is 2.60. The van der Waals surface area contributed by atoms with E-state index in [1.807, 2.05) is 24.3 Å². The largest absolute Gasteiger partial charge is 0.340 e. The Hall–Kier alpha value is -1.63. The summed E-state index contributed by atoms with van der Waals surface area (Å²) in [5.41, 5.74) is 2.41. The Bertz CT molecular complexity index is 702.